The second-order valence-corrected chi connectivity index (χ2v) is 9.23. The van der Waals surface area contributed by atoms with Gasteiger partial charge in [0.15, 0.2) is 0 Å². The summed E-state index contributed by atoms with van der Waals surface area (Å²) >= 11 is 0. The second kappa shape index (κ2) is 8.05. The van der Waals surface area contributed by atoms with Gasteiger partial charge in [0.25, 0.3) is 0 Å². The van der Waals surface area contributed by atoms with E-state index in [-0.39, 0.29) is 0 Å². The lowest BCUT2D eigenvalue weighted by molar-refractivity contribution is 0.00578. The molecule has 8 heteroatoms. The van der Waals surface area contributed by atoms with E-state index in [9.17, 15) is 10.0 Å². The molecule has 0 radical (unpaired) electrons. The molecular weight excluding hydrogens is 407 g/mol. The summed E-state index contributed by atoms with van der Waals surface area (Å²) in [5, 5.41) is 13.6. The van der Waals surface area contributed by atoms with Crippen LogP contribution in [0.15, 0.2) is 60.8 Å². The lowest BCUT2D eigenvalue weighted by Crippen LogP contribution is -2.54. The van der Waals surface area contributed by atoms with Crippen molar-refractivity contribution in [2.45, 2.75) is 45.4 Å². The van der Waals surface area contributed by atoms with E-state index in [1.165, 1.54) is 6.20 Å². The van der Waals surface area contributed by atoms with Gasteiger partial charge in [0.2, 0.25) is 0 Å². The van der Waals surface area contributed by atoms with Crippen molar-refractivity contribution in [3.63, 3.8) is 0 Å². The molecule has 4 rings (SSSR count). The third kappa shape index (κ3) is 3.95. The molecule has 2 heterocycles. The van der Waals surface area contributed by atoms with Crippen LogP contribution in [0.25, 0.3) is 0 Å². The van der Waals surface area contributed by atoms with Gasteiger partial charge >= 0.3 is 13.1 Å². The number of benzene rings is 2. The quantitative estimate of drug-likeness (QED) is 0.403. The van der Waals surface area contributed by atoms with Gasteiger partial charge in [-0.2, -0.15) is 0 Å². The molecule has 0 spiro atoms. The van der Waals surface area contributed by atoms with Gasteiger partial charge in [0, 0.05) is 12.1 Å². The predicted octanol–water partition coefficient (Wildman–Crippen LogP) is 3.95. The van der Waals surface area contributed by atoms with Crippen molar-refractivity contribution < 1.29 is 18.8 Å². The summed E-state index contributed by atoms with van der Waals surface area (Å²) in [5.41, 5.74) is 1.18. The van der Waals surface area contributed by atoms with Crippen molar-refractivity contribution >= 4 is 24.3 Å². The van der Waals surface area contributed by atoms with Crippen LogP contribution in [0.5, 0.6) is 5.75 Å². The first-order valence-corrected chi connectivity index (χ1v) is 10.7. The number of rotatable bonds is 5. The van der Waals surface area contributed by atoms with Crippen LogP contribution in [-0.4, -0.2) is 42.9 Å². The molecule has 0 N–H and O–H groups in total. The minimum absolute atomic E-state index is 0.339. The number of hydrogen-bond acceptors (Lipinski definition) is 5. The highest BCUT2D eigenvalue weighted by atomic mass is 16.7. The van der Waals surface area contributed by atoms with Crippen LogP contribution in [0.4, 0.5) is 10.5 Å². The number of hydroxylamine groups is 2. The number of carbonyl (C=O) groups is 1. The van der Waals surface area contributed by atoms with Gasteiger partial charge in [0.05, 0.1) is 31.4 Å². The lowest BCUT2D eigenvalue weighted by atomic mass is 9.79. The van der Waals surface area contributed by atoms with Crippen molar-refractivity contribution in [1.82, 2.24) is 9.55 Å². The standard InChI is InChI=1S/C24H29BN2O5/c1-23(2)24(3,4)32-25(31-23)19-9-11-20(12-10-19)27(29)16-6-15-26(22(27)28)17-18-7-13-21(30-5)14-8-18/h6-14,16H,15,17H2,1-5H3. The predicted molar refractivity (Wildman–Crippen MR) is 125 cm³/mol. The maximum Gasteiger partial charge on any atom is 0.494 e. The molecular formula is C24H29BN2O5. The number of methoxy groups -OCH3 is 1. The Balaban J connectivity index is 1.51. The summed E-state index contributed by atoms with van der Waals surface area (Å²) in [6.07, 6.45) is 3.14. The normalized spacial score (nSPS) is 24.1. The number of ether oxygens (including phenoxy) is 1. The van der Waals surface area contributed by atoms with E-state index in [1.54, 1.807) is 42.4 Å². The van der Waals surface area contributed by atoms with Crippen LogP contribution in [0.1, 0.15) is 33.3 Å². The molecule has 0 saturated carbocycles. The van der Waals surface area contributed by atoms with Crippen LogP contribution >= 0.6 is 0 Å². The van der Waals surface area contributed by atoms with Crippen molar-refractivity contribution in [1.29, 1.82) is 0 Å². The Labute approximate surface area is 189 Å². The number of carbonyl (C=O) groups excluding carboxylic acids is 1. The Morgan fingerprint density at radius 2 is 1.62 bits per heavy atom. The zero-order valence-corrected chi connectivity index (χ0v) is 19.2. The van der Waals surface area contributed by atoms with Crippen LogP contribution in [0.2, 0.25) is 0 Å². The van der Waals surface area contributed by atoms with E-state index < -0.39 is 29.0 Å². The van der Waals surface area contributed by atoms with Crippen molar-refractivity contribution in [2.75, 3.05) is 13.7 Å². The molecule has 1 fully saturated rings. The maximum absolute atomic E-state index is 13.6. The third-order valence-corrected chi connectivity index (χ3v) is 6.53. The van der Waals surface area contributed by atoms with Gasteiger partial charge in [-0.05, 0) is 56.9 Å². The number of quaternary nitrogens is 1. The highest BCUT2D eigenvalue weighted by Gasteiger charge is 2.51. The summed E-state index contributed by atoms with van der Waals surface area (Å²) < 4.78 is 16.2. The minimum atomic E-state index is -1.17. The molecule has 168 valence electrons. The van der Waals surface area contributed by atoms with E-state index in [0.29, 0.717) is 18.8 Å². The molecule has 2 aromatic rings. The first kappa shape index (κ1) is 22.5. The van der Waals surface area contributed by atoms with Gasteiger partial charge in [-0.25, -0.2) is 9.44 Å². The van der Waals surface area contributed by atoms with Crippen molar-refractivity contribution in [3.05, 3.63) is 71.6 Å². The number of hydrogen-bond donors (Lipinski definition) is 0. The monoisotopic (exact) mass is 436 g/mol. The molecule has 2 aromatic carbocycles. The van der Waals surface area contributed by atoms with E-state index >= 15 is 0 Å². The molecule has 0 aliphatic carbocycles. The van der Waals surface area contributed by atoms with E-state index in [1.807, 2.05) is 52.0 Å². The number of urea groups is 1. The fourth-order valence-corrected chi connectivity index (χ4v) is 3.79. The smallest absolute Gasteiger partial charge is 0.494 e. The summed E-state index contributed by atoms with van der Waals surface area (Å²) in [4.78, 5) is 14.7. The first-order valence-electron chi connectivity index (χ1n) is 10.7. The fraction of sp³-hybridized carbons (Fsp3) is 0.375. The Bertz CT molecular complexity index is 1000. The summed E-state index contributed by atoms with van der Waals surface area (Å²) in [7, 11) is 1.09. The summed E-state index contributed by atoms with van der Waals surface area (Å²) in [5.74, 6) is 0.745. The van der Waals surface area contributed by atoms with Crippen LogP contribution in [0.3, 0.4) is 0 Å². The highest BCUT2D eigenvalue weighted by Crippen LogP contribution is 2.37. The average molecular weight is 436 g/mol. The molecule has 1 unspecified atom stereocenters. The van der Waals surface area contributed by atoms with Crippen molar-refractivity contribution in [2.24, 2.45) is 0 Å². The largest absolute Gasteiger partial charge is 0.613 e. The van der Waals surface area contributed by atoms with Gasteiger partial charge in [0.1, 0.15) is 17.6 Å². The molecule has 32 heavy (non-hydrogen) atoms. The SMILES string of the molecule is COc1ccc(CN2CC=C[N+]([O-])(c3ccc(B4OC(C)(C)C(C)(C)O4)cc3)C2=O)cc1. The summed E-state index contributed by atoms with van der Waals surface area (Å²) in [6, 6.07) is 13.9. The van der Waals surface area contributed by atoms with Crippen LogP contribution in [0, 0.1) is 5.21 Å². The van der Waals surface area contributed by atoms with Crippen LogP contribution < -0.4 is 14.8 Å². The molecule has 2 aliphatic rings. The zero-order chi connectivity index (χ0) is 23.1. The van der Waals surface area contributed by atoms with Gasteiger partial charge in [-0.3, -0.25) is 4.90 Å². The molecule has 2 amide bonds. The molecule has 1 saturated heterocycles. The Morgan fingerprint density at radius 3 is 2.19 bits per heavy atom. The fourth-order valence-electron chi connectivity index (χ4n) is 3.79. The van der Waals surface area contributed by atoms with Gasteiger partial charge < -0.3 is 19.3 Å². The Hall–Kier alpha value is -2.65. The van der Waals surface area contributed by atoms with E-state index in [0.717, 1.165) is 16.8 Å². The molecule has 1 atom stereocenters. The van der Waals surface area contributed by atoms with Crippen molar-refractivity contribution in [3.8, 4) is 5.75 Å². The van der Waals surface area contributed by atoms with Crippen LogP contribution in [-0.2, 0) is 15.9 Å². The molecule has 0 aromatic heterocycles. The number of nitrogens with zero attached hydrogens (tertiary/aromatic N) is 2. The molecule has 7 nitrogen and oxygen atoms in total. The minimum Gasteiger partial charge on any atom is -0.613 e. The highest BCUT2D eigenvalue weighted by molar-refractivity contribution is 6.62. The summed E-state index contributed by atoms with van der Waals surface area (Å²) in [6.45, 7) is 8.71. The zero-order valence-electron chi connectivity index (χ0n) is 19.2. The second-order valence-electron chi connectivity index (χ2n) is 9.23. The third-order valence-electron chi connectivity index (χ3n) is 6.53. The first-order chi connectivity index (χ1) is 15.1. The molecule has 0 bridgehead atoms. The lowest BCUT2D eigenvalue weighted by Gasteiger charge is -2.41. The van der Waals surface area contributed by atoms with E-state index in [4.69, 9.17) is 14.0 Å². The van der Waals surface area contributed by atoms with Gasteiger partial charge in [-0.15, -0.1) is 0 Å². The maximum atomic E-state index is 13.6. The van der Waals surface area contributed by atoms with Gasteiger partial charge in [-0.1, -0.05) is 24.3 Å². The average Bonchev–Trinajstić information content (AvgIpc) is 2.99. The Kier molecular flexibility index (Phi) is 5.67. The Morgan fingerprint density at radius 1 is 1.03 bits per heavy atom. The van der Waals surface area contributed by atoms with E-state index in [2.05, 4.69) is 0 Å². The number of amides is 2. The topological polar surface area (TPSA) is 71.1 Å². The molecule has 2 aliphatic heterocycles.